The minimum Gasteiger partial charge on any atom is -0.462 e. The smallest absolute Gasteiger partial charge is 0.338 e. The molecule has 1 aromatic carbocycles. The van der Waals surface area contributed by atoms with Crippen LogP contribution in [-0.4, -0.2) is 47.6 Å². The number of carbonyl (C=O) groups is 2. The molecule has 122 valence electrons. The molecule has 6 nitrogen and oxygen atoms in total. The van der Waals surface area contributed by atoms with Crippen molar-refractivity contribution in [2.24, 2.45) is 0 Å². The maximum Gasteiger partial charge on any atom is 0.338 e. The number of aliphatic hydroxyl groups excluding tert-OH is 2. The molecule has 0 aliphatic rings. The van der Waals surface area contributed by atoms with Crippen LogP contribution in [0.5, 0.6) is 0 Å². The predicted molar refractivity (Wildman–Crippen MR) is 79.6 cm³/mol. The predicted octanol–water partition coefficient (Wildman–Crippen LogP) is 1.54. The Kier molecular flexibility index (Phi) is 7.56. The molecule has 1 aromatic rings. The molecule has 6 heteroatoms. The molecule has 0 radical (unpaired) electrons. The van der Waals surface area contributed by atoms with Crippen molar-refractivity contribution in [2.45, 2.75) is 38.9 Å². The van der Waals surface area contributed by atoms with Gasteiger partial charge >= 0.3 is 11.9 Å². The second kappa shape index (κ2) is 9.17. The number of hydrogen-bond acceptors (Lipinski definition) is 6. The molecule has 0 aliphatic heterocycles. The molecule has 0 aliphatic carbocycles. The maximum absolute atomic E-state index is 11.7. The van der Waals surface area contributed by atoms with E-state index in [-0.39, 0.29) is 13.2 Å². The van der Waals surface area contributed by atoms with Gasteiger partial charge in [-0.3, -0.25) is 0 Å². The van der Waals surface area contributed by atoms with Gasteiger partial charge < -0.3 is 19.7 Å². The van der Waals surface area contributed by atoms with E-state index in [9.17, 15) is 9.59 Å². The number of hydrogen-bond donors (Lipinski definition) is 2. The second-order valence-electron chi connectivity index (χ2n) is 5.12. The Bertz CT molecular complexity index is 433. The largest absolute Gasteiger partial charge is 0.462 e. The van der Waals surface area contributed by atoms with Crippen LogP contribution in [0.3, 0.4) is 0 Å². The lowest BCUT2D eigenvalue weighted by atomic mass is 10.1. The first-order valence-corrected chi connectivity index (χ1v) is 7.20. The lowest BCUT2D eigenvalue weighted by molar-refractivity contribution is 0.0427. The Morgan fingerprint density at radius 2 is 1.18 bits per heavy atom. The van der Waals surface area contributed by atoms with E-state index in [1.54, 1.807) is 13.8 Å². The van der Waals surface area contributed by atoms with Gasteiger partial charge in [-0.1, -0.05) is 0 Å². The van der Waals surface area contributed by atoms with Gasteiger partial charge in [0.2, 0.25) is 0 Å². The highest BCUT2D eigenvalue weighted by molar-refractivity contribution is 5.93. The quantitative estimate of drug-likeness (QED) is 0.708. The summed E-state index contributed by atoms with van der Waals surface area (Å²) in [7, 11) is 0. The van der Waals surface area contributed by atoms with Crippen LogP contribution in [0.4, 0.5) is 0 Å². The molecule has 0 fully saturated rings. The fourth-order valence-electron chi connectivity index (χ4n) is 1.55. The highest BCUT2D eigenvalue weighted by atomic mass is 16.5. The molecule has 2 atom stereocenters. The van der Waals surface area contributed by atoms with E-state index in [1.165, 1.54) is 24.3 Å². The number of ether oxygens (including phenoxy) is 2. The molecule has 0 spiro atoms. The van der Waals surface area contributed by atoms with Crippen LogP contribution in [0.15, 0.2) is 24.3 Å². The van der Waals surface area contributed by atoms with Crippen molar-refractivity contribution in [1.29, 1.82) is 0 Å². The Hall–Kier alpha value is -1.92. The van der Waals surface area contributed by atoms with Crippen molar-refractivity contribution < 1.29 is 29.3 Å². The summed E-state index contributed by atoms with van der Waals surface area (Å²) >= 11 is 0. The molecular weight excluding hydrogens is 288 g/mol. The van der Waals surface area contributed by atoms with Crippen molar-refractivity contribution in [3.63, 3.8) is 0 Å². The van der Waals surface area contributed by atoms with E-state index in [1.807, 2.05) is 0 Å². The van der Waals surface area contributed by atoms with Crippen molar-refractivity contribution in [3.05, 3.63) is 35.4 Å². The van der Waals surface area contributed by atoms with Gasteiger partial charge in [-0.15, -0.1) is 0 Å². The molecule has 22 heavy (non-hydrogen) atoms. The summed E-state index contributed by atoms with van der Waals surface area (Å²) in [5.74, 6) is -1.01. The molecule has 0 saturated carbocycles. The zero-order valence-electron chi connectivity index (χ0n) is 12.8. The number of rotatable bonds is 8. The Morgan fingerprint density at radius 1 is 0.864 bits per heavy atom. The normalized spacial score (nSPS) is 13.3. The lowest BCUT2D eigenvalue weighted by Gasteiger charge is -2.08. The summed E-state index contributed by atoms with van der Waals surface area (Å²) in [6, 6.07) is 5.93. The monoisotopic (exact) mass is 310 g/mol. The van der Waals surface area contributed by atoms with Gasteiger partial charge in [0.15, 0.2) is 0 Å². The van der Waals surface area contributed by atoms with E-state index >= 15 is 0 Å². The van der Waals surface area contributed by atoms with E-state index < -0.39 is 24.1 Å². The second-order valence-corrected chi connectivity index (χ2v) is 5.12. The number of aliphatic hydroxyl groups is 2. The summed E-state index contributed by atoms with van der Waals surface area (Å²) in [6.07, 6.45) is -0.294. The first-order chi connectivity index (χ1) is 10.4. The van der Waals surface area contributed by atoms with Crippen molar-refractivity contribution >= 4 is 11.9 Å². The van der Waals surface area contributed by atoms with E-state index in [0.717, 1.165) is 0 Å². The molecule has 1 rings (SSSR count). The van der Waals surface area contributed by atoms with Gasteiger partial charge in [-0.2, -0.15) is 0 Å². The molecule has 0 aromatic heterocycles. The molecule has 0 bridgehead atoms. The van der Waals surface area contributed by atoms with Crippen LogP contribution in [0.1, 0.15) is 47.4 Å². The maximum atomic E-state index is 11.7. The fourth-order valence-corrected chi connectivity index (χ4v) is 1.55. The van der Waals surface area contributed by atoms with E-state index in [0.29, 0.717) is 24.0 Å². The zero-order valence-corrected chi connectivity index (χ0v) is 12.8. The van der Waals surface area contributed by atoms with Crippen molar-refractivity contribution in [2.75, 3.05) is 13.2 Å². The minimum absolute atomic E-state index is 0.139. The molecule has 2 N–H and O–H groups in total. The summed E-state index contributed by atoms with van der Waals surface area (Å²) in [4.78, 5) is 23.4. The highest BCUT2D eigenvalue weighted by Gasteiger charge is 2.11. The SMILES string of the molecule is CC(O)CCOC(=O)c1ccc(C(=O)OCCC(C)O)cc1. The molecule has 0 heterocycles. The lowest BCUT2D eigenvalue weighted by Crippen LogP contribution is -2.12. The first kappa shape index (κ1) is 18.1. The van der Waals surface area contributed by atoms with Gasteiger partial charge in [0, 0.05) is 12.8 Å². The topological polar surface area (TPSA) is 93.1 Å². The van der Waals surface area contributed by atoms with E-state index in [2.05, 4.69) is 0 Å². The first-order valence-electron chi connectivity index (χ1n) is 7.20. The average molecular weight is 310 g/mol. The van der Waals surface area contributed by atoms with Crippen molar-refractivity contribution in [3.8, 4) is 0 Å². The van der Waals surface area contributed by atoms with Crippen LogP contribution in [-0.2, 0) is 9.47 Å². The van der Waals surface area contributed by atoms with Gasteiger partial charge in [-0.25, -0.2) is 9.59 Å². The van der Waals surface area contributed by atoms with Gasteiger partial charge in [0.25, 0.3) is 0 Å². The molecule has 2 unspecified atom stereocenters. The Balaban J connectivity index is 2.48. The van der Waals surface area contributed by atoms with Gasteiger partial charge in [-0.05, 0) is 38.1 Å². The zero-order chi connectivity index (χ0) is 16.5. The average Bonchev–Trinajstić information content (AvgIpc) is 2.46. The van der Waals surface area contributed by atoms with Crippen LogP contribution in [0.2, 0.25) is 0 Å². The molecule has 0 amide bonds. The molecular formula is C16H22O6. The third kappa shape index (κ3) is 6.69. The third-order valence-corrected chi connectivity index (χ3v) is 2.89. The standard InChI is InChI=1S/C16H22O6/c1-11(17)7-9-21-15(19)13-3-5-14(6-4-13)16(20)22-10-8-12(2)18/h3-6,11-12,17-18H,7-10H2,1-2H3. The third-order valence-electron chi connectivity index (χ3n) is 2.89. The highest BCUT2D eigenvalue weighted by Crippen LogP contribution is 2.08. The molecule has 0 saturated heterocycles. The summed E-state index contributed by atoms with van der Waals surface area (Å²) in [5, 5.41) is 18.2. The van der Waals surface area contributed by atoms with Gasteiger partial charge in [0.05, 0.1) is 36.5 Å². The summed E-state index contributed by atoms with van der Waals surface area (Å²) in [5.41, 5.74) is 0.650. The van der Waals surface area contributed by atoms with Crippen molar-refractivity contribution in [1.82, 2.24) is 0 Å². The van der Waals surface area contributed by atoms with E-state index in [4.69, 9.17) is 19.7 Å². The van der Waals surface area contributed by atoms with Crippen LogP contribution in [0.25, 0.3) is 0 Å². The number of carbonyl (C=O) groups excluding carboxylic acids is 2. The fraction of sp³-hybridized carbons (Fsp3) is 0.500. The summed E-state index contributed by atoms with van der Waals surface area (Å²) < 4.78 is 9.98. The van der Waals surface area contributed by atoms with Crippen LogP contribution in [0, 0.1) is 0 Å². The Labute approximate surface area is 129 Å². The minimum atomic E-state index is -0.522. The van der Waals surface area contributed by atoms with Crippen LogP contribution < -0.4 is 0 Å². The summed E-state index contributed by atoms with van der Waals surface area (Å²) in [6.45, 7) is 3.51. The number of esters is 2. The van der Waals surface area contributed by atoms with Crippen LogP contribution >= 0.6 is 0 Å². The Morgan fingerprint density at radius 3 is 1.45 bits per heavy atom. The van der Waals surface area contributed by atoms with Gasteiger partial charge in [0.1, 0.15) is 0 Å². The number of benzene rings is 1.